The largest absolute Gasteiger partial charge is 0.481 e. The van der Waals surface area contributed by atoms with Crippen LogP contribution in [0.2, 0.25) is 0 Å². The standard InChI is InChI=1S/C14H22N2O6S2/c1-3-16(4-2)24(21,22)13-8-5-7-12(11-13)23(19,20)15-10-6-9-14(17)18/h5,7-8,11,15H,3-4,6,9-10H2,1-2H3,(H,17,18). The molecule has 0 saturated heterocycles. The van der Waals surface area contributed by atoms with E-state index in [-0.39, 0.29) is 42.3 Å². The second-order valence-electron chi connectivity index (χ2n) is 4.96. The fourth-order valence-electron chi connectivity index (χ4n) is 2.04. The fraction of sp³-hybridized carbons (Fsp3) is 0.500. The summed E-state index contributed by atoms with van der Waals surface area (Å²) in [6, 6.07) is 5.10. The Morgan fingerprint density at radius 2 is 1.71 bits per heavy atom. The van der Waals surface area contributed by atoms with E-state index in [1.54, 1.807) is 13.8 Å². The number of carboxylic acid groups (broad SMARTS) is 1. The summed E-state index contributed by atoms with van der Waals surface area (Å²) in [5.41, 5.74) is 0. The molecule has 2 N–H and O–H groups in total. The third kappa shape index (κ3) is 5.26. The lowest BCUT2D eigenvalue weighted by Gasteiger charge is -2.18. The molecule has 1 aromatic carbocycles. The zero-order valence-electron chi connectivity index (χ0n) is 13.6. The van der Waals surface area contributed by atoms with Gasteiger partial charge >= 0.3 is 5.97 Å². The Morgan fingerprint density at radius 1 is 1.12 bits per heavy atom. The number of rotatable bonds is 10. The van der Waals surface area contributed by atoms with Gasteiger partial charge in [-0.05, 0) is 24.6 Å². The van der Waals surface area contributed by atoms with E-state index < -0.39 is 26.0 Å². The van der Waals surface area contributed by atoms with Gasteiger partial charge in [0.25, 0.3) is 0 Å². The van der Waals surface area contributed by atoms with Crippen LogP contribution in [-0.4, -0.2) is 51.9 Å². The number of carbonyl (C=O) groups is 1. The quantitative estimate of drug-likeness (QED) is 0.583. The number of carboxylic acids is 1. The summed E-state index contributed by atoms with van der Waals surface area (Å²) in [5, 5.41) is 8.54. The van der Waals surface area contributed by atoms with E-state index >= 15 is 0 Å². The van der Waals surface area contributed by atoms with Gasteiger partial charge in [0.15, 0.2) is 0 Å². The van der Waals surface area contributed by atoms with Gasteiger partial charge in [-0.3, -0.25) is 4.79 Å². The molecule has 0 aromatic heterocycles. The van der Waals surface area contributed by atoms with Crippen molar-refractivity contribution in [3.8, 4) is 0 Å². The van der Waals surface area contributed by atoms with Crippen molar-refractivity contribution in [2.45, 2.75) is 36.5 Å². The van der Waals surface area contributed by atoms with E-state index in [9.17, 15) is 21.6 Å². The van der Waals surface area contributed by atoms with Gasteiger partial charge in [0.2, 0.25) is 20.0 Å². The molecule has 0 atom stereocenters. The van der Waals surface area contributed by atoms with Crippen molar-refractivity contribution in [1.29, 1.82) is 0 Å². The van der Waals surface area contributed by atoms with Crippen molar-refractivity contribution in [2.24, 2.45) is 0 Å². The van der Waals surface area contributed by atoms with Crippen LogP contribution in [0.3, 0.4) is 0 Å². The predicted molar refractivity (Wildman–Crippen MR) is 88.6 cm³/mol. The molecule has 10 heteroatoms. The van der Waals surface area contributed by atoms with Crippen LogP contribution in [0.5, 0.6) is 0 Å². The normalized spacial score (nSPS) is 12.5. The summed E-state index contributed by atoms with van der Waals surface area (Å²) >= 11 is 0. The summed E-state index contributed by atoms with van der Waals surface area (Å²) in [4.78, 5) is 10.1. The highest BCUT2D eigenvalue weighted by molar-refractivity contribution is 7.90. The van der Waals surface area contributed by atoms with Crippen LogP contribution in [0.4, 0.5) is 0 Å². The van der Waals surface area contributed by atoms with Gasteiger partial charge in [0.1, 0.15) is 0 Å². The minimum atomic E-state index is -3.91. The SMILES string of the molecule is CCN(CC)S(=O)(=O)c1cccc(S(=O)(=O)NCCCC(=O)O)c1. The molecular weight excluding hydrogens is 356 g/mol. The predicted octanol–water partition coefficient (Wildman–Crippen LogP) is 0.860. The van der Waals surface area contributed by atoms with Crippen LogP contribution < -0.4 is 4.72 Å². The minimum Gasteiger partial charge on any atom is -0.481 e. The van der Waals surface area contributed by atoms with E-state index in [0.717, 1.165) is 6.07 Å². The van der Waals surface area contributed by atoms with E-state index in [2.05, 4.69) is 4.72 Å². The fourth-order valence-corrected chi connectivity index (χ4v) is 4.74. The first-order valence-corrected chi connectivity index (χ1v) is 10.4. The lowest BCUT2D eigenvalue weighted by atomic mass is 10.3. The maximum atomic E-state index is 12.5. The topological polar surface area (TPSA) is 121 Å². The Bertz CT molecular complexity index is 770. The average Bonchev–Trinajstić information content (AvgIpc) is 2.52. The zero-order valence-corrected chi connectivity index (χ0v) is 15.2. The molecule has 0 fully saturated rings. The van der Waals surface area contributed by atoms with Gasteiger partial charge in [-0.25, -0.2) is 21.6 Å². The Morgan fingerprint density at radius 3 is 2.25 bits per heavy atom. The average molecular weight is 378 g/mol. The molecule has 0 aliphatic carbocycles. The Kier molecular flexibility index (Phi) is 7.33. The minimum absolute atomic E-state index is 0.0400. The number of aliphatic carboxylic acids is 1. The summed E-state index contributed by atoms with van der Waals surface area (Å²) in [6.07, 6.45) is -0.00903. The Balaban J connectivity index is 3.01. The third-order valence-corrected chi connectivity index (χ3v) is 6.82. The summed E-state index contributed by atoms with van der Waals surface area (Å²) in [5.74, 6) is -1.01. The molecule has 1 aromatic rings. The zero-order chi connectivity index (χ0) is 18.4. The van der Waals surface area contributed by atoms with Crippen LogP contribution in [-0.2, 0) is 24.8 Å². The number of sulfonamides is 2. The van der Waals surface area contributed by atoms with E-state index in [1.165, 1.54) is 22.5 Å². The number of nitrogens with one attached hydrogen (secondary N) is 1. The van der Waals surface area contributed by atoms with Crippen LogP contribution >= 0.6 is 0 Å². The van der Waals surface area contributed by atoms with Crippen LogP contribution in [0.25, 0.3) is 0 Å². The number of hydrogen-bond donors (Lipinski definition) is 2. The van der Waals surface area contributed by atoms with E-state index in [4.69, 9.17) is 5.11 Å². The summed E-state index contributed by atoms with van der Waals surface area (Å²) in [7, 11) is -7.66. The molecule has 24 heavy (non-hydrogen) atoms. The second-order valence-corrected chi connectivity index (χ2v) is 8.66. The molecular formula is C14H22N2O6S2. The smallest absolute Gasteiger partial charge is 0.303 e. The first-order valence-electron chi connectivity index (χ1n) is 7.46. The summed E-state index contributed by atoms with van der Waals surface area (Å²) < 4.78 is 52.8. The van der Waals surface area contributed by atoms with Gasteiger partial charge in [-0.15, -0.1) is 0 Å². The van der Waals surface area contributed by atoms with Crippen LogP contribution in [0.1, 0.15) is 26.7 Å². The van der Waals surface area contributed by atoms with Crippen molar-refractivity contribution in [3.05, 3.63) is 24.3 Å². The van der Waals surface area contributed by atoms with Crippen molar-refractivity contribution in [2.75, 3.05) is 19.6 Å². The molecule has 0 bridgehead atoms. The molecule has 0 amide bonds. The third-order valence-electron chi connectivity index (χ3n) is 3.32. The highest BCUT2D eigenvalue weighted by Gasteiger charge is 2.23. The highest BCUT2D eigenvalue weighted by atomic mass is 32.2. The van der Waals surface area contributed by atoms with E-state index in [0.29, 0.717) is 0 Å². The lowest BCUT2D eigenvalue weighted by molar-refractivity contribution is -0.137. The van der Waals surface area contributed by atoms with Gasteiger partial charge in [0, 0.05) is 26.1 Å². The van der Waals surface area contributed by atoms with Crippen LogP contribution in [0.15, 0.2) is 34.1 Å². The lowest BCUT2D eigenvalue weighted by Crippen LogP contribution is -2.31. The highest BCUT2D eigenvalue weighted by Crippen LogP contribution is 2.19. The van der Waals surface area contributed by atoms with E-state index in [1.807, 2.05) is 0 Å². The molecule has 8 nitrogen and oxygen atoms in total. The van der Waals surface area contributed by atoms with Gasteiger partial charge in [-0.2, -0.15) is 4.31 Å². The Labute approximate surface area is 142 Å². The molecule has 0 heterocycles. The van der Waals surface area contributed by atoms with Gasteiger partial charge in [-0.1, -0.05) is 19.9 Å². The molecule has 0 aliphatic heterocycles. The number of benzene rings is 1. The molecule has 0 saturated carbocycles. The van der Waals surface area contributed by atoms with Crippen LogP contribution in [0, 0.1) is 0 Å². The maximum Gasteiger partial charge on any atom is 0.303 e. The number of hydrogen-bond acceptors (Lipinski definition) is 5. The molecule has 0 aliphatic rings. The van der Waals surface area contributed by atoms with Gasteiger partial charge < -0.3 is 5.11 Å². The van der Waals surface area contributed by atoms with Crippen molar-refractivity contribution < 1.29 is 26.7 Å². The molecule has 136 valence electrons. The van der Waals surface area contributed by atoms with Gasteiger partial charge in [0.05, 0.1) is 9.79 Å². The molecule has 0 spiro atoms. The maximum absolute atomic E-state index is 12.5. The Hall–Kier alpha value is -1.49. The van der Waals surface area contributed by atoms with Crippen molar-refractivity contribution in [1.82, 2.24) is 9.03 Å². The first kappa shape index (κ1) is 20.6. The molecule has 1 rings (SSSR count). The second kappa shape index (κ2) is 8.56. The molecule has 0 radical (unpaired) electrons. The summed E-state index contributed by atoms with van der Waals surface area (Å²) in [6.45, 7) is 3.92. The first-order chi connectivity index (χ1) is 11.1. The van der Waals surface area contributed by atoms with Crippen molar-refractivity contribution in [3.63, 3.8) is 0 Å². The molecule has 0 unspecified atom stereocenters. The number of nitrogens with zero attached hydrogens (tertiary/aromatic N) is 1. The monoisotopic (exact) mass is 378 g/mol. The van der Waals surface area contributed by atoms with Crippen molar-refractivity contribution >= 4 is 26.0 Å².